The van der Waals surface area contributed by atoms with Crippen molar-refractivity contribution in [2.45, 2.75) is 38.8 Å². The molecule has 16 heavy (non-hydrogen) atoms. The zero-order valence-corrected chi connectivity index (χ0v) is 11.0. The summed E-state index contributed by atoms with van der Waals surface area (Å²) in [6.45, 7) is 6.58. The summed E-state index contributed by atoms with van der Waals surface area (Å²) in [7, 11) is 4.04. The molecule has 0 aromatic rings. The number of carbonyl (C=O) groups excluding carboxylic acids is 1. The average molecular weight is 227 g/mol. The van der Waals surface area contributed by atoms with Crippen LogP contribution in [0.3, 0.4) is 0 Å². The minimum atomic E-state index is 0.189. The summed E-state index contributed by atoms with van der Waals surface area (Å²) in [6, 6.07) is 0.916. The zero-order chi connectivity index (χ0) is 12.1. The Labute approximate surface area is 99.0 Å². The Kier molecular flexibility index (Phi) is 5.22. The van der Waals surface area contributed by atoms with Gasteiger partial charge >= 0.3 is 0 Å². The molecule has 0 aromatic carbocycles. The second-order valence-electron chi connectivity index (χ2n) is 5.09. The fourth-order valence-corrected chi connectivity index (χ4v) is 2.05. The van der Waals surface area contributed by atoms with Gasteiger partial charge < -0.3 is 15.1 Å². The van der Waals surface area contributed by atoms with Gasteiger partial charge in [0.2, 0.25) is 5.91 Å². The molecule has 0 aliphatic carbocycles. The van der Waals surface area contributed by atoms with Gasteiger partial charge in [0.05, 0.1) is 6.54 Å². The van der Waals surface area contributed by atoms with Crippen LogP contribution in [0.15, 0.2) is 0 Å². The van der Waals surface area contributed by atoms with Crippen molar-refractivity contribution in [3.8, 4) is 0 Å². The number of nitrogens with zero attached hydrogens (tertiary/aromatic N) is 2. The number of carbonyl (C=O) groups is 1. The SMILES string of the molecule is CC(C)NCC(=O)N(C)CC1CCCN1C. The van der Waals surface area contributed by atoms with E-state index in [9.17, 15) is 4.79 Å². The van der Waals surface area contributed by atoms with Gasteiger partial charge in [-0.15, -0.1) is 0 Å². The minimum absolute atomic E-state index is 0.189. The Balaban J connectivity index is 2.28. The topological polar surface area (TPSA) is 35.6 Å². The quantitative estimate of drug-likeness (QED) is 0.744. The van der Waals surface area contributed by atoms with Gasteiger partial charge in [-0.1, -0.05) is 13.8 Å². The largest absolute Gasteiger partial charge is 0.343 e. The number of amides is 1. The van der Waals surface area contributed by atoms with Crippen molar-refractivity contribution >= 4 is 5.91 Å². The smallest absolute Gasteiger partial charge is 0.236 e. The van der Waals surface area contributed by atoms with Crippen LogP contribution in [0.25, 0.3) is 0 Å². The molecule has 0 radical (unpaired) electrons. The highest BCUT2D eigenvalue weighted by molar-refractivity contribution is 5.78. The number of nitrogens with one attached hydrogen (secondary N) is 1. The molecule has 1 aliphatic heterocycles. The molecule has 94 valence electrons. The molecular weight excluding hydrogens is 202 g/mol. The molecule has 0 bridgehead atoms. The van der Waals surface area contributed by atoms with E-state index in [4.69, 9.17) is 0 Å². The van der Waals surface area contributed by atoms with Gasteiger partial charge in [0.25, 0.3) is 0 Å². The highest BCUT2D eigenvalue weighted by Gasteiger charge is 2.23. The molecule has 0 saturated carbocycles. The van der Waals surface area contributed by atoms with Gasteiger partial charge in [-0.2, -0.15) is 0 Å². The number of hydrogen-bond acceptors (Lipinski definition) is 3. The number of likely N-dealkylation sites (N-methyl/N-ethyl adjacent to an activating group) is 2. The maximum absolute atomic E-state index is 11.8. The van der Waals surface area contributed by atoms with E-state index in [-0.39, 0.29) is 5.91 Å². The van der Waals surface area contributed by atoms with Crippen LogP contribution in [0.2, 0.25) is 0 Å². The van der Waals surface area contributed by atoms with E-state index < -0.39 is 0 Å². The van der Waals surface area contributed by atoms with Gasteiger partial charge in [0.1, 0.15) is 0 Å². The fourth-order valence-electron chi connectivity index (χ4n) is 2.05. The van der Waals surface area contributed by atoms with Gasteiger partial charge in [-0.05, 0) is 26.4 Å². The summed E-state index contributed by atoms with van der Waals surface area (Å²) in [5, 5.41) is 3.16. The van der Waals surface area contributed by atoms with Gasteiger partial charge in [-0.3, -0.25) is 4.79 Å². The van der Waals surface area contributed by atoms with Crippen molar-refractivity contribution < 1.29 is 4.79 Å². The van der Waals surface area contributed by atoms with Crippen molar-refractivity contribution in [3.63, 3.8) is 0 Å². The summed E-state index contributed by atoms with van der Waals surface area (Å²) in [5.74, 6) is 0.189. The lowest BCUT2D eigenvalue weighted by Gasteiger charge is -2.26. The van der Waals surface area contributed by atoms with Crippen molar-refractivity contribution in [2.75, 3.05) is 33.7 Å². The molecule has 0 aromatic heterocycles. The van der Waals surface area contributed by atoms with Gasteiger partial charge in [0, 0.05) is 25.7 Å². The first-order valence-corrected chi connectivity index (χ1v) is 6.18. The van der Waals surface area contributed by atoms with Crippen LogP contribution in [-0.2, 0) is 4.79 Å². The van der Waals surface area contributed by atoms with Crippen LogP contribution in [0.5, 0.6) is 0 Å². The van der Waals surface area contributed by atoms with Crippen LogP contribution in [0.4, 0.5) is 0 Å². The highest BCUT2D eigenvalue weighted by Crippen LogP contribution is 2.15. The third-order valence-corrected chi connectivity index (χ3v) is 3.24. The first-order chi connectivity index (χ1) is 7.50. The maximum atomic E-state index is 11.8. The number of rotatable bonds is 5. The Morgan fingerprint density at radius 2 is 2.25 bits per heavy atom. The minimum Gasteiger partial charge on any atom is -0.343 e. The molecule has 1 rings (SSSR count). The molecule has 1 fully saturated rings. The second kappa shape index (κ2) is 6.21. The van der Waals surface area contributed by atoms with Crippen LogP contribution >= 0.6 is 0 Å². The molecule has 4 heteroatoms. The average Bonchev–Trinajstić information content (AvgIpc) is 2.60. The Hall–Kier alpha value is -0.610. The van der Waals surface area contributed by atoms with Crippen molar-refractivity contribution in [3.05, 3.63) is 0 Å². The van der Waals surface area contributed by atoms with Crippen molar-refractivity contribution in [1.82, 2.24) is 15.1 Å². The molecule has 1 unspecified atom stereocenters. The van der Waals surface area contributed by atoms with E-state index in [2.05, 4.69) is 31.1 Å². The highest BCUT2D eigenvalue weighted by atomic mass is 16.2. The van der Waals surface area contributed by atoms with E-state index in [1.807, 2.05) is 11.9 Å². The summed E-state index contributed by atoms with van der Waals surface area (Å²) in [6.07, 6.45) is 2.47. The predicted octanol–water partition coefficient (Wildman–Crippen LogP) is 0.537. The van der Waals surface area contributed by atoms with Crippen LogP contribution in [0.1, 0.15) is 26.7 Å². The summed E-state index contributed by atoms with van der Waals surface area (Å²) in [4.78, 5) is 16.0. The lowest BCUT2D eigenvalue weighted by molar-refractivity contribution is -0.129. The van der Waals surface area contributed by atoms with E-state index in [0.717, 1.165) is 13.1 Å². The Bertz CT molecular complexity index is 230. The van der Waals surface area contributed by atoms with Gasteiger partial charge in [-0.25, -0.2) is 0 Å². The molecular formula is C12H25N3O. The molecule has 1 saturated heterocycles. The summed E-state index contributed by atoms with van der Waals surface area (Å²) >= 11 is 0. The molecule has 1 heterocycles. The Morgan fingerprint density at radius 3 is 2.75 bits per heavy atom. The van der Waals surface area contributed by atoms with E-state index in [0.29, 0.717) is 18.6 Å². The molecule has 1 aliphatic rings. The molecule has 1 N–H and O–H groups in total. The monoisotopic (exact) mass is 227 g/mol. The second-order valence-corrected chi connectivity index (χ2v) is 5.09. The lowest BCUT2D eigenvalue weighted by Crippen LogP contribution is -2.43. The molecule has 4 nitrogen and oxygen atoms in total. The zero-order valence-electron chi connectivity index (χ0n) is 11.0. The molecule has 1 atom stereocenters. The lowest BCUT2D eigenvalue weighted by atomic mass is 10.2. The molecule has 0 spiro atoms. The first-order valence-electron chi connectivity index (χ1n) is 6.18. The van der Waals surface area contributed by atoms with E-state index in [1.165, 1.54) is 12.8 Å². The molecule has 1 amide bonds. The van der Waals surface area contributed by atoms with Crippen molar-refractivity contribution in [2.24, 2.45) is 0 Å². The summed E-state index contributed by atoms with van der Waals surface area (Å²) in [5.41, 5.74) is 0. The van der Waals surface area contributed by atoms with Crippen molar-refractivity contribution in [1.29, 1.82) is 0 Å². The first kappa shape index (κ1) is 13.5. The number of hydrogen-bond donors (Lipinski definition) is 1. The fraction of sp³-hybridized carbons (Fsp3) is 0.917. The van der Waals surface area contributed by atoms with Gasteiger partial charge in [0.15, 0.2) is 0 Å². The van der Waals surface area contributed by atoms with Crippen LogP contribution < -0.4 is 5.32 Å². The van der Waals surface area contributed by atoms with E-state index >= 15 is 0 Å². The van der Waals surface area contributed by atoms with E-state index in [1.54, 1.807) is 0 Å². The Morgan fingerprint density at radius 1 is 1.56 bits per heavy atom. The predicted molar refractivity (Wildman–Crippen MR) is 66.4 cm³/mol. The van der Waals surface area contributed by atoms with Crippen LogP contribution in [0, 0.1) is 0 Å². The third-order valence-electron chi connectivity index (χ3n) is 3.24. The third kappa shape index (κ3) is 4.10. The number of likely N-dealkylation sites (tertiary alicyclic amines) is 1. The maximum Gasteiger partial charge on any atom is 0.236 e. The van der Waals surface area contributed by atoms with Crippen LogP contribution in [-0.4, -0.2) is 61.5 Å². The standard InChI is InChI=1S/C12H25N3O/c1-10(2)13-8-12(16)15(4)9-11-6-5-7-14(11)3/h10-11,13H,5-9H2,1-4H3. The summed E-state index contributed by atoms with van der Waals surface area (Å²) < 4.78 is 0. The normalized spacial score (nSPS) is 21.7.